The van der Waals surface area contributed by atoms with Gasteiger partial charge in [-0.2, -0.15) is 0 Å². The van der Waals surface area contributed by atoms with Gasteiger partial charge in [-0.05, 0) is 49.1 Å². The Morgan fingerprint density at radius 3 is 2.63 bits per heavy atom. The molecular formula is C20H19F2N3O4S. The van der Waals surface area contributed by atoms with Crippen molar-refractivity contribution in [2.45, 2.75) is 12.8 Å². The SMILES string of the molecule is NS(=O)(=O)C[C@@H]1CCCN(C(=O)c2cc(F)cc3c(=O)c4cc(F)ccc4[nH]c23)C1. The van der Waals surface area contributed by atoms with Crippen LogP contribution >= 0.6 is 0 Å². The number of piperidine rings is 1. The molecule has 1 aliphatic heterocycles. The third-order valence-electron chi connectivity index (χ3n) is 5.34. The topological polar surface area (TPSA) is 113 Å². The Hall–Kier alpha value is -2.85. The highest BCUT2D eigenvalue weighted by Gasteiger charge is 2.28. The smallest absolute Gasteiger partial charge is 0.256 e. The van der Waals surface area contributed by atoms with Gasteiger partial charge in [0.1, 0.15) is 11.6 Å². The molecule has 1 aromatic heterocycles. The van der Waals surface area contributed by atoms with E-state index in [0.717, 1.165) is 18.2 Å². The second-order valence-corrected chi connectivity index (χ2v) is 9.27. The molecule has 0 spiro atoms. The summed E-state index contributed by atoms with van der Waals surface area (Å²) in [6, 6.07) is 5.67. The van der Waals surface area contributed by atoms with E-state index in [0.29, 0.717) is 24.9 Å². The van der Waals surface area contributed by atoms with Gasteiger partial charge in [0.2, 0.25) is 10.0 Å². The number of carbonyl (C=O) groups excluding carboxylic acids is 1. The van der Waals surface area contributed by atoms with Crippen LogP contribution in [0.25, 0.3) is 21.8 Å². The van der Waals surface area contributed by atoms with Crippen LogP contribution in [0, 0.1) is 17.6 Å². The lowest BCUT2D eigenvalue weighted by molar-refractivity contribution is 0.0685. The number of hydrogen-bond donors (Lipinski definition) is 2. The minimum absolute atomic E-state index is 0.0374. The fraction of sp³-hybridized carbons (Fsp3) is 0.300. The van der Waals surface area contributed by atoms with Gasteiger partial charge in [-0.1, -0.05) is 0 Å². The van der Waals surface area contributed by atoms with Gasteiger partial charge >= 0.3 is 0 Å². The molecule has 1 fully saturated rings. The van der Waals surface area contributed by atoms with Crippen LogP contribution in [-0.2, 0) is 10.0 Å². The summed E-state index contributed by atoms with van der Waals surface area (Å²) >= 11 is 0. The van der Waals surface area contributed by atoms with Crippen LogP contribution < -0.4 is 10.6 Å². The highest BCUT2D eigenvalue weighted by atomic mass is 32.2. The minimum Gasteiger partial charge on any atom is -0.354 e. The van der Waals surface area contributed by atoms with E-state index in [1.54, 1.807) is 0 Å². The van der Waals surface area contributed by atoms with Gasteiger partial charge in [-0.3, -0.25) is 9.59 Å². The third-order valence-corrected chi connectivity index (χ3v) is 6.27. The number of sulfonamides is 1. The summed E-state index contributed by atoms with van der Waals surface area (Å²) < 4.78 is 50.7. The number of H-pyrrole nitrogens is 1. The molecule has 3 aromatic rings. The third kappa shape index (κ3) is 3.92. The number of halogens is 2. The quantitative estimate of drug-likeness (QED) is 0.614. The van der Waals surface area contributed by atoms with E-state index in [1.807, 2.05) is 0 Å². The van der Waals surface area contributed by atoms with Crippen molar-refractivity contribution in [3.8, 4) is 0 Å². The lowest BCUT2D eigenvalue weighted by Gasteiger charge is -2.32. The number of nitrogens with two attached hydrogens (primary N) is 1. The number of nitrogens with one attached hydrogen (secondary N) is 1. The molecule has 1 amide bonds. The van der Waals surface area contributed by atoms with Crippen molar-refractivity contribution in [2.24, 2.45) is 11.1 Å². The summed E-state index contributed by atoms with van der Waals surface area (Å²) in [5, 5.41) is 5.12. The largest absolute Gasteiger partial charge is 0.354 e. The maximum Gasteiger partial charge on any atom is 0.256 e. The second kappa shape index (κ2) is 7.44. The zero-order chi connectivity index (χ0) is 21.6. The van der Waals surface area contributed by atoms with Gasteiger partial charge < -0.3 is 9.88 Å². The fourth-order valence-electron chi connectivity index (χ4n) is 4.07. The van der Waals surface area contributed by atoms with Crippen LogP contribution in [-0.4, -0.2) is 43.1 Å². The Morgan fingerprint density at radius 1 is 1.17 bits per heavy atom. The predicted molar refractivity (Wildman–Crippen MR) is 109 cm³/mol. The highest BCUT2D eigenvalue weighted by Crippen LogP contribution is 2.25. The van der Waals surface area contributed by atoms with Crippen molar-refractivity contribution in [3.63, 3.8) is 0 Å². The highest BCUT2D eigenvalue weighted by molar-refractivity contribution is 7.89. The van der Waals surface area contributed by atoms with Crippen molar-refractivity contribution >= 4 is 37.7 Å². The molecule has 10 heteroatoms. The molecule has 0 aliphatic carbocycles. The monoisotopic (exact) mass is 435 g/mol. The molecule has 0 bridgehead atoms. The molecule has 2 heterocycles. The first-order valence-electron chi connectivity index (χ1n) is 9.37. The lowest BCUT2D eigenvalue weighted by atomic mass is 9.98. The first-order valence-corrected chi connectivity index (χ1v) is 11.1. The van der Waals surface area contributed by atoms with Crippen LogP contribution in [0.5, 0.6) is 0 Å². The maximum atomic E-state index is 14.3. The number of amides is 1. The molecule has 1 atom stereocenters. The summed E-state index contributed by atoms with van der Waals surface area (Å²) in [5.74, 6) is -2.45. The average molecular weight is 435 g/mol. The molecule has 7 nitrogen and oxygen atoms in total. The van der Waals surface area contributed by atoms with Crippen LogP contribution in [0.2, 0.25) is 0 Å². The molecule has 2 aromatic carbocycles. The summed E-state index contributed by atoms with van der Waals surface area (Å²) in [6.45, 7) is 0.539. The van der Waals surface area contributed by atoms with E-state index in [9.17, 15) is 26.8 Å². The maximum absolute atomic E-state index is 14.3. The van der Waals surface area contributed by atoms with Crippen molar-refractivity contribution in [2.75, 3.05) is 18.8 Å². The number of nitrogens with zero attached hydrogens (tertiary/aromatic N) is 1. The van der Waals surface area contributed by atoms with Crippen molar-refractivity contribution in [3.05, 3.63) is 57.8 Å². The molecule has 158 valence electrons. The minimum atomic E-state index is -3.69. The van der Waals surface area contributed by atoms with Crippen molar-refractivity contribution in [1.82, 2.24) is 9.88 Å². The molecule has 1 aliphatic rings. The molecular weight excluding hydrogens is 416 g/mol. The fourth-order valence-corrected chi connectivity index (χ4v) is 5.00. The normalized spacial score (nSPS) is 17.6. The van der Waals surface area contributed by atoms with Gasteiger partial charge in [0.15, 0.2) is 5.43 Å². The van der Waals surface area contributed by atoms with Gasteiger partial charge in [0.05, 0.1) is 16.8 Å². The molecule has 0 unspecified atom stereocenters. The van der Waals surface area contributed by atoms with Gasteiger partial charge in [0, 0.05) is 29.4 Å². The van der Waals surface area contributed by atoms with E-state index >= 15 is 0 Å². The van der Waals surface area contributed by atoms with Crippen LogP contribution in [0.3, 0.4) is 0 Å². The molecule has 0 radical (unpaired) electrons. The van der Waals surface area contributed by atoms with E-state index < -0.39 is 33.0 Å². The number of hydrogen-bond acceptors (Lipinski definition) is 4. The zero-order valence-corrected chi connectivity index (χ0v) is 16.6. The van der Waals surface area contributed by atoms with E-state index in [1.165, 1.54) is 17.0 Å². The lowest BCUT2D eigenvalue weighted by Crippen LogP contribution is -2.42. The van der Waals surface area contributed by atoms with Crippen LogP contribution in [0.1, 0.15) is 23.2 Å². The first-order chi connectivity index (χ1) is 14.1. The number of aromatic amines is 1. The van der Waals surface area contributed by atoms with Gasteiger partial charge in [0.25, 0.3) is 5.91 Å². The number of pyridine rings is 1. The Labute approximate surface area is 170 Å². The summed E-state index contributed by atoms with van der Waals surface area (Å²) in [5.41, 5.74) is -0.151. The Kier molecular flexibility index (Phi) is 5.07. The predicted octanol–water partition coefficient (Wildman–Crippen LogP) is 2.10. The Morgan fingerprint density at radius 2 is 1.90 bits per heavy atom. The molecule has 0 saturated carbocycles. The second-order valence-electron chi connectivity index (χ2n) is 7.61. The van der Waals surface area contributed by atoms with Crippen LogP contribution in [0.4, 0.5) is 8.78 Å². The van der Waals surface area contributed by atoms with E-state index in [4.69, 9.17) is 5.14 Å². The van der Waals surface area contributed by atoms with Gasteiger partial charge in [-0.25, -0.2) is 22.3 Å². The molecule has 1 saturated heterocycles. The van der Waals surface area contributed by atoms with E-state index in [-0.39, 0.29) is 40.1 Å². The first kappa shape index (κ1) is 20.4. The number of rotatable bonds is 3. The zero-order valence-electron chi connectivity index (χ0n) is 15.8. The van der Waals surface area contributed by atoms with E-state index in [2.05, 4.69) is 4.98 Å². The molecule has 4 rings (SSSR count). The number of benzene rings is 2. The number of likely N-dealkylation sites (tertiary alicyclic amines) is 1. The standard InChI is InChI=1S/C20H19F2N3O4S/c21-12-3-4-17-14(6-12)19(26)15-7-13(22)8-16(18(15)24-17)20(27)25-5-1-2-11(9-25)10-30(23,28)29/h3-4,6-8,11H,1-2,5,9-10H2,(H,24,26)(H2,23,28,29)/t11-/m1/s1. The molecule has 3 N–H and O–H groups in total. The average Bonchev–Trinajstić information content (AvgIpc) is 2.67. The number of fused-ring (bicyclic) bond motifs is 2. The summed E-state index contributed by atoms with van der Waals surface area (Å²) in [7, 11) is -3.69. The van der Waals surface area contributed by atoms with Gasteiger partial charge in [-0.15, -0.1) is 0 Å². The van der Waals surface area contributed by atoms with Crippen molar-refractivity contribution in [1.29, 1.82) is 0 Å². The van der Waals surface area contributed by atoms with Crippen molar-refractivity contribution < 1.29 is 22.0 Å². The Bertz CT molecular complexity index is 1340. The Balaban J connectivity index is 1.80. The number of carbonyl (C=O) groups is 1. The van der Waals surface area contributed by atoms with Crippen LogP contribution in [0.15, 0.2) is 35.1 Å². The number of aromatic nitrogens is 1. The number of primary sulfonamides is 1. The summed E-state index contributed by atoms with van der Waals surface area (Å²) in [6.07, 6.45) is 1.19. The molecule has 30 heavy (non-hydrogen) atoms. The summed E-state index contributed by atoms with van der Waals surface area (Å²) in [4.78, 5) is 30.4.